The van der Waals surface area contributed by atoms with Gasteiger partial charge in [0.25, 0.3) is 5.91 Å². The number of aliphatic hydroxyl groups is 1. The first kappa shape index (κ1) is 23.1. The molecule has 6 nitrogen and oxygen atoms in total. The van der Waals surface area contributed by atoms with Crippen molar-refractivity contribution in [1.29, 1.82) is 0 Å². The van der Waals surface area contributed by atoms with Crippen molar-refractivity contribution in [3.8, 4) is 5.75 Å². The number of nitrogens with two attached hydrogens (primary N) is 1. The van der Waals surface area contributed by atoms with Crippen LogP contribution in [0.3, 0.4) is 0 Å². The summed E-state index contributed by atoms with van der Waals surface area (Å²) >= 11 is 0. The minimum absolute atomic E-state index is 0. The largest absolute Gasteiger partial charge is 0.490 e. The highest BCUT2D eigenvalue weighted by Gasteiger charge is 2.43. The smallest absolute Gasteiger partial charge is 0.255 e. The molecule has 2 fully saturated rings. The number of ether oxygens (including phenoxy) is 1. The first-order valence-corrected chi connectivity index (χ1v) is 10.7. The molecule has 31 heavy (non-hydrogen) atoms. The molecule has 2 aliphatic heterocycles. The minimum atomic E-state index is -0.671. The summed E-state index contributed by atoms with van der Waals surface area (Å²) in [6.07, 6.45) is 4.46. The van der Waals surface area contributed by atoms with E-state index in [1.807, 2.05) is 38.1 Å². The van der Waals surface area contributed by atoms with Gasteiger partial charge in [-0.25, -0.2) is 0 Å². The lowest BCUT2D eigenvalue weighted by Crippen LogP contribution is -2.51. The van der Waals surface area contributed by atoms with Gasteiger partial charge in [0.1, 0.15) is 11.9 Å². The van der Waals surface area contributed by atoms with Gasteiger partial charge in [0.15, 0.2) is 0 Å². The van der Waals surface area contributed by atoms with Crippen LogP contribution < -0.4 is 15.8 Å². The zero-order valence-corrected chi connectivity index (χ0v) is 17.7. The summed E-state index contributed by atoms with van der Waals surface area (Å²) in [6, 6.07) is 15.4. The Morgan fingerprint density at radius 3 is 2.32 bits per heavy atom. The normalized spacial score (nSPS) is 23.1. The zero-order valence-electron chi connectivity index (χ0n) is 17.7. The summed E-state index contributed by atoms with van der Waals surface area (Å²) in [7, 11) is 0. The third-order valence-electron chi connectivity index (χ3n) is 6.04. The quantitative estimate of drug-likeness (QED) is 0.601. The minimum Gasteiger partial charge on any atom is -0.490 e. The number of anilines is 2. The Balaban J connectivity index is 0.00000272. The maximum Gasteiger partial charge on any atom is 0.255 e. The number of nitrogens with one attached hydrogen (secondary N) is 1. The molecule has 2 bridgehead atoms. The molecule has 0 aromatic heterocycles. The monoisotopic (exact) mass is 425 g/mol. The van der Waals surface area contributed by atoms with Gasteiger partial charge in [-0.2, -0.15) is 0 Å². The maximum absolute atomic E-state index is 12.5. The van der Waals surface area contributed by atoms with E-state index in [4.69, 9.17) is 10.5 Å². The number of nitrogens with zero attached hydrogens (tertiary/aromatic N) is 1. The maximum atomic E-state index is 12.5. The molecule has 6 heteroatoms. The summed E-state index contributed by atoms with van der Waals surface area (Å²) in [5.74, 6) is 0.587. The van der Waals surface area contributed by atoms with Crippen molar-refractivity contribution in [2.45, 2.75) is 70.7 Å². The van der Waals surface area contributed by atoms with Gasteiger partial charge in [-0.05, 0) is 75.9 Å². The van der Waals surface area contributed by atoms with E-state index in [1.165, 1.54) is 12.8 Å². The second-order valence-electron chi connectivity index (χ2n) is 9.15. The topological polar surface area (TPSA) is 87.8 Å². The van der Waals surface area contributed by atoms with Crippen molar-refractivity contribution in [3.63, 3.8) is 0 Å². The fourth-order valence-corrected chi connectivity index (χ4v) is 4.71. The van der Waals surface area contributed by atoms with Crippen molar-refractivity contribution in [2.24, 2.45) is 0 Å². The number of hydrogen-bond donors (Lipinski definition) is 3. The van der Waals surface area contributed by atoms with Crippen LogP contribution in [0.5, 0.6) is 5.75 Å². The summed E-state index contributed by atoms with van der Waals surface area (Å²) in [5.41, 5.74) is 6.93. The van der Waals surface area contributed by atoms with Crippen LogP contribution in [-0.2, 0) is 0 Å². The second-order valence-corrected chi connectivity index (χ2v) is 9.15. The van der Waals surface area contributed by atoms with Gasteiger partial charge in [0, 0.05) is 24.2 Å². The third-order valence-corrected chi connectivity index (χ3v) is 6.04. The molecule has 0 aliphatic carbocycles. The Morgan fingerprint density at radius 1 is 1.13 bits per heavy atom. The van der Waals surface area contributed by atoms with E-state index in [0.29, 0.717) is 35.6 Å². The van der Waals surface area contributed by atoms with Crippen LogP contribution in [0, 0.1) is 0 Å². The van der Waals surface area contributed by atoms with Gasteiger partial charge >= 0.3 is 0 Å². The fraction of sp³-hybridized carbons (Fsp3) is 0.480. The molecule has 4 N–H and O–H groups in total. The molecule has 1 amide bonds. The standard InChI is InChI=1S/C24H31N3O3.CH4/c1-24(2,29)15-27-17-9-10-18(27)14-20(13-17)30-19-11-7-16(8-12-19)23(28)26-22-6-4-3-5-21(22)25;/h3-8,11-12,17-18,20,29H,9-10,13-15,25H2,1-2H3,(H,26,28);1H4. The lowest BCUT2D eigenvalue weighted by molar-refractivity contribution is -0.0168. The first-order chi connectivity index (χ1) is 14.3. The highest BCUT2D eigenvalue weighted by Crippen LogP contribution is 2.38. The number of carbonyl (C=O) groups is 1. The van der Waals surface area contributed by atoms with Crippen LogP contribution in [0.15, 0.2) is 48.5 Å². The summed E-state index contributed by atoms with van der Waals surface area (Å²) < 4.78 is 6.25. The molecule has 2 unspecified atom stereocenters. The van der Waals surface area contributed by atoms with Crippen molar-refractivity contribution in [1.82, 2.24) is 4.90 Å². The summed E-state index contributed by atoms with van der Waals surface area (Å²) in [4.78, 5) is 14.9. The predicted octanol–water partition coefficient (Wildman–Crippen LogP) is 4.30. The number of carbonyl (C=O) groups excluding carboxylic acids is 1. The van der Waals surface area contributed by atoms with Gasteiger partial charge in [-0.15, -0.1) is 0 Å². The number of piperidine rings is 1. The van der Waals surface area contributed by atoms with Crippen LogP contribution >= 0.6 is 0 Å². The van der Waals surface area contributed by atoms with Crippen molar-refractivity contribution in [2.75, 3.05) is 17.6 Å². The Morgan fingerprint density at radius 2 is 1.74 bits per heavy atom. The number of hydrogen-bond acceptors (Lipinski definition) is 5. The van der Waals surface area contributed by atoms with Gasteiger partial charge in [-0.3, -0.25) is 9.69 Å². The van der Waals surface area contributed by atoms with Crippen LogP contribution in [0.1, 0.15) is 57.3 Å². The summed E-state index contributed by atoms with van der Waals surface area (Å²) in [6.45, 7) is 4.46. The van der Waals surface area contributed by atoms with E-state index >= 15 is 0 Å². The van der Waals surface area contributed by atoms with E-state index in [-0.39, 0.29) is 19.4 Å². The predicted molar refractivity (Wildman–Crippen MR) is 125 cm³/mol. The molecule has 2 aromatic carbocycles. The van der Waals surface area contributed by atoms with E-state index < -0.39 is 5.60 Å². The fourth-order valence-electron chi connectivity index (χ4n) is 4.71. The van der Waals surface area contributed by atoms with Gasteiger partial charge < -0.3 is 20.9 Å². The first-order valence-electron chi connectivity index (χ1n) is 10.7. The lowest BCUT2D eigenvalue weighted by Gasteiger charge is -2.41. The van der Waals surface area contributed by atoms with Crippen LogP contribution in [-0.4, -0.2) is 46.2 Å². The SMILES string of the molecule is C.CC(C)(O)CN1C2CCC1CC(Oc1ccc(C(=O)Nc3ccccc3N)cc1)C2. The van der Waals surface area contributed by atoms with Crippen LogP contribution in [0.25, 0.3) is 0 Å². The number of amides is 1. The highest BCUT2D eigenvalue weighted by molar-refractivity contribution is 6.05. The zero-order chi connectivity index (χ0) is 21.3. The number of fused-ring (bicyclic) bond motifs is 2. The van der Waals surface area contributed by atoms with E-state index in [2.05, 4.69) is 10.2 Å². The molecule has 0 spiro atoms. The third kappa shape index (κ3) is 5.57. The number of nitrogen functional groups attached to an aromatic ring is 1. The molecule has 168 valence electrons. The molecule has 0 radical (unpaired) electrons. The van der Waals surface area contributed by atoms with Gasteiger partial charge in [0.2, 0.25) is 0 Å². The highest BCUT2D eigenvalue weighted by atomic mass is 16.5. The van der Waals surface area contributed by atoms with Crippen LogP contribution in [0.4, 0.5) is 11.4 Å². The molecule has 2 aromatic rings. The van der Waals surface area contributed by atoms with Crippen molar-refractivity contribution in [3.05, 3.63) is 54.1 Å². The van der Waals surface area contributed by atoms with E-state index in [1.54, 1.807) is 24.3 Å². The Labute approximate surface area is 185 Å². The molecular formula is C25H35N3O3. The average molecular weight is 426 g/mol. The molecule has 2 heterocycles. The Kier molecular flexibility index (Phi) is 6.92. The molecule has 2 aliphatic rings. The Bertz CT molecular complexity index is 878. The molecule has 4 rings (SSSR count). The average Bonchev–Trinajstić information content (AvgIpc) is 2.91. The summed E-state index contributed by atoms with van der Waals surface area (Å²) in [5, 5.41) is 13.0. The molecular weight excluding hydrogens is 390 g/mol. The van der Waals surface area contributed by atoms with Gasteiger partial charge in [0.05, 0.1) is 17.0 Å². The Hall–Kier alpha value is -2.57. The van der Waals surface area contributed by atoms with Crippen molar-refractivity contribution < 1.29 is 14.6 Å². The molecule has 2 atom stereocenters. The van der Waals surface area contributed by atoms with Crippen molar-refractivity contribution >= 4 is 17.3 Å². The number of rotatable bonds is 6. The van der Waals surface area contributed by atoms with Crippen LogP contribution in [0.2, 0.25) is 0 Å². The van der Waals surface area contributed by atoms with E-state index in [0.717, 1.165) is 18.6 Å². The number of benzene rings is 2. The molecule has 2 saturated heterocycles. The lowest BCUT2D eigenvalue weighted by atomic mass is 9.97. The number of para-hydroxylation sites is 2. The molecule has 0 saturated carbocycles. The second kappa shape index (κ2) is 9.28. The van der Waals surface area contributed by atoms with Gasteiger partial charge in [-0.1, -0.05) is 19.6 Å². The van der Waals surface area contributed by atoms with E-state index in [9.17, 15) is 9.90 Å².